The highest BCUT2D eigenvalue weighted by atomic mass is 16.7. The van der Waals surface area contributed by atoms with E-state index in [9.17, 15) is 24.9 Å². The van der Waals surface area contributed by atoms with Crippen molar-refractivity contribution in [2.75, 3.05) is 27.9 Å². The van der Waals surface area contributed by atoms with Crippen molar-refractivity contribution in [1.29, 1.82) is 0 Å². The summed E-state index contributed by atoms with van der Waals surface area (Å²) in [4.78, 5) is 26.5. The number of aliphatic hydroxyl groups excluding tert-OH is 2. The molecule has 0 aromatic rings. The molecule has 0 aromatic carbocycles. The lowest BCUT2D eigenvalue weighted by atomic mass is 9.82. The van der Waals surface area contributed by atoms with Gasteiger partial charge in [0.1, 0.15) is 42.2 Å². The number of methoxy groups -OCH3 is 3. The zero-order chi connectivity index (χ0) is 36.2. The maximum Gasteiger partial charge on any atom is 0.330 e. The van der Waals surface area contributed by atoms with Crippen LogP contribution >= 0.6 is 0 Å². The molecule has 0 amide bonds. The van der Waals surface area contributed by atoms with E-state index in [0.29, 0.717) is 6.42 Å². The zero-order valence-corrected chi connectivity index (χ0v) is 30.0. The number of aliphatic hydroxyl groups is 3. The third-order valence-corrected chi connectivity index (χ3v) is 10.1. The molecular formula is C35H56O14. The molecule has 3 N–H and O–H groups in total. The molecule has 3 fully saturated rings. The van der Waals surface area contributed by atoms with E-state index in [-0.39, 0.29) is 19.1 Å². The van der Waals surface area contributed by atoms with Crippen molar-refractivity contribution >= 4 is 11.8 Å². The van der Waals surface area contributed by atoms with Crippen LogP contribution in [0.3, 0.4) is 0 Å². The fraction of sp³-hybridized carbons (Fsp3) is 0.829. The van der Waals surface area contributed by atoms with Crippen molar-refractivity contribution in [1.82, 2.24) is 0 Å². The van der Waals surface area contributed by atoms with E-state index in [1.54, 1.807) is 26.0 Å². The molecule has 0 aliphatic carbocycles. The number of carbonyl (C=O) groups excluding carboxylic acids is 2. The molecule has 3 saturated heterocycles. The Hall–Kier alpha value is -1.82. The summed E-state index contributed by atoms with van der Waals surface area (Å²) in [7, 11) is 4.46. The minimum Gasteiger partial charge on any atom is -0.459 e. The summed E-state index contributed by atoms with van der Waals surface area (Å²) in [6.07, 6.45) is -2.67. The van der Waals surface area contributed by atoms with E-state index in [4.69, 9.17) is 42.6 Å². The number of cyclic esters (lactones) is 1. The maximum atomic E-state index is 13.3. The molecule has 14 heteroatoms. The van der Waals surface area contributed by atoms with Crippen molar-refractivity contribution < 1.29 is 67.5 Å². The molecular weight excluding hydrogens is 644 g/mol. The molecule has 0 bridgehead atoms. The van der Waals surface area contributed by atoms with E-state index >= 15 is 0 Å². The van der Waals surface area contributed by atoms with Crippen LogP contribution < -0.4 is 0 Å². The van der Waals surface area contributed by atoms with Gasteiger partial charge in [-0.3, -0.25) is 4.79 Å². The Morgan fingerprint density at radius 1 is 0.837 bits per heavy atom. The first-order chi connectivity index (χ1) is 23.1. The fourth-order valence-corrected chi connectivity index (χ4v) is 7.12. The van der Waals surface area contributed by atoms with E-state index in [2.05, 4.69) is 0 Å². The summed E-state index contributed by atoms with van der Waals surface area (Å²) in [6.45, 7) is 10.4. The number of esters is 1. The van der Waals surface area contributed by atoms with Crippen LogP contribution in [-0.2, 0) is 52.2 Å². The first-order valence-electron chi connectivity index (χ1n) is 17.1. The van der Waals surface area contributed by atoms with Gasteiger partial charge in [-0.05, 0) is 52.2 Å². The third-order valence-electron chi connectivity index (χ3n) is 10.1. The van der Waals surface area contributed by atoms with Crippen LogP contribution in [0.5, 0.6) is 0 Å². The van der Waals surface area contributed by atoms with Gasteiger partial charge >= 0.3 is 5.97 Å². The number of rotatable bonds is 8. The first kappa shape index (κ1) is 40.0. The predicted molar refractivity (Wildman–Crippen MR) is 173 cm³/mol. The summed E-state index contributed by atoms with van der Waals surface area (Å²) < 4.78 is 52.6. The quantitative estimate of drug-likeness (QED) is 0.245. The summed E-state index contributed by atoms with van der Waals surface area (Å²) in [6, 6.07) is 0. The number of hydrogen-bond donors (Lipinski definition) is 3. The summed E-state index contributed by atoms with van der Waals surface area (Å²) in [5.41, 5.74) is -1.75. The van der Waals surface area contributed by atoms with Gasteiger partial charge in [-0.25, -0.2) is 4.79 Å². The van der Waals surface area contributed by atoms with Crippen molar-refractivity contribution in [3.63, 3.8) is 0 Å². The Bertz CT molecular complexity index is 1160. The van der Waals surface area contributed by atoms with Gasteiger partial charge in [-0.2, -0.15) is 0 Å². The maximum absolute atomic E-state index is 13.3. The minimum atomic E-state index is -1.75. The molecule has 0 saturated carbocycles. The van der Waals surface area contributed by atoms with Gasteiger partial charge in [-0.15, -0.1) is 0 Å². The Labute approximate surface area is 288 Å². The van der Waals surface area contributed by atoms with Gasteiger partial charge in [0.2, 0.25) is 0 Å². The SMILES string of the molecule is CO[C@@H]1[C@H](O)[C@@H](C)O[C@@H](OC[C@H]2[C@@H]3O[C@@H]3/C=C/C(=O)[C@@](C)(O)C[C@@H](C)[C@@H](O[C@@H]3O[C@H](C)C[C@H](OC)[C@H]3O)[C@@H](C)/C=C/C(=O)O[C@H]2C)[C@@H]1OC. The predicted octanol–water partition coefficient (Wildman–Crippen LogP) is 1.46. The Balaban J connectivity index is 1.56. The van der Waals surface area contributed by atoms with Crippen LogP contribution in [0.1, 0.15) is 54.4 Å². The second-order valence-electron chi connectivity index (χ2n) is 14.1. The molecule has 4 heterocycles. The first-order valence-corrected chi connectivity index (χ1v) is 17.1. The zero-order valence-electron chi connectivity index (χ0n) is 30.0. The van der Waals surface area contributed by atoms with Gasteiger partial charge in [0.05, 0.1) is 37.1 Å². The topological polar surface area (TPSA) is 181 Å². The molecule has 0 unspecified atom stereocenters. The second-order valence-corrected chi connectivity index (χ2v) is 14.1. The van der Waals surface area contributed by atoms with Crippen LogP contribution in [-0.4, -0.2) is 140 Å². The van der Waals surface area contributed by atoms with Gasteiger partial charge in [-0.1, -0.05) is 19.9 Å². The lowest BCUT2D eigenvalue weighted by molar-refractivity contribution is -0.305. The summed E-state index contributed by atoms with van der Waals surface area (Å²) >= 11 is 0. The Kier molecular flexibility index (Phi) is 14.0. The summed E-state index contributed by atoms with van der Waals surface area (Å²) in [5, 5.41) is 32.8. The Morgan fingerprint density at radius 2 is 1.53 bits per heavy atom. The van der Waals surface area contributed by atoms with Crippen LogP contribution in [0.4, 0.5) is 0 Å². The molecule has 17 atom stereocenters. The largest absolute Gasteiger partial charge is 0.459 e. The second kappa shape index (κ2) is 17.1. The van der Waals surface area contributed by atoms with Crippen molar-refractivity contribution in [3.8, 4) is 0 Å². The van der Waals surface area contributed by atoms with Gasteiger partial charge in [0, 0.05) is 45.7 Å². The van der Waals surface area contributed by atoms with Crippen molar-refractivity contribution in [2.24, 2.45) is 17.8 Å². The molecule has 280 valence electrons. The van der Waals surface area contributed by atoms with E-state index in [1.807, 2.05) is 20.8 Å². The molecule has 0 spiro atoms. The summed E-state index contributed by atoms with van der Waals surface area (Å²) in [5.74, 6) is -2.45. The standard InChI is InChI=1S/C35H56O14/c1-17-10-13-26(37)46-20(4)22(16-44-34-32(43-9)31(42-8)27(38)21(5)47-34)30-23(48-30)11-12-25(36)35(6,40)15-18(2)29(17)49-33-28(39)24(41-7)14-19(3)45-33/h10-13,17-24,27-34,38-40H,14-16H2,1-9H3/b12-11+,13-10+/t17-,18+,19+,20-,21+,22+,23+,24-,27+,28+,29-,30-,31+,32+,33-,34+,35-/m0/s1. The van der Waals surface area contributed by atoms with Crippen LogP contribution in [0.25, 0.3) is 0 Å². The van der Waals surface area contributed by atoms with Gasteiger partial charge in [0.15, 0.2) is 18.4 Å². The van der Waals surface area contributed by atoms with Gasteiger partial charge < -0.3 is 58.0 Å². The average Bonchev–Trinajstić information content (AvgIpc) is 3.82. The lowest BCUT2D eigenvalue weighted by Gasteiger charge is -2.42. The number of epoxide rings is 1. The van der Waals surface area contributed by atoms with Crippen LogP contribution in [0, 0.1) is 17.8 Å². The van der Waals surface area contributed by atoms with Crippen LogP contribution in [0.15, 0.2) is 24.3 Å². The fourth-order valence-electron chi connectivity index (χ4n) is 7.12. The third kappa shape index (κ3) is 9.74. The average molecular weight is 701 g/mol. The molecule has 14 nitrogen and oxygen atoms in total. The number of ether oxygens (including phenoxy) is 9. The minimum absolute atomic E-state index is 0.0234. The number of hydrogen-bond acceptors (Lipinski definition) is 14. The molecule has 4 rings (SSSR count). The molecule has 4 aliphatic heterocycles. The molecule has 0 aromatic heterocycles. The monoisotopic (exact) mass is 700 g/mol. The number of carbonyl (C=O) groups is 2. The normalized spacial score (nSPS) is 48.3. The van der Waals surface area contributed by atoms with E-state index in [1.165, 1.54) is 40.4 Å². The lowest BCUT2D eigenvalue weighted by Crippen LogP contribution is -2.59. The molecule has 4 aliphatic rings. The highest BCUT2D eigenvalue weighted by Crippen LogP contribution is 2.37. The highest BCUT2D eigenvalue weighted by Gasteiger charge is 2.50. The highest BCUT2D eigenvalue weighted by molar-refractivity contribution is 5.96. The molecule has 0 radical (unpaired) electrons. The number of fused-ring (bicyclic) bond motifs is 1. The van der Waals surface area contributed by atoms with Crippen molar-refractivity contribution in [2.45, 2.75) is 140 Å². The number of ketones is 1. The van der Waals surface area contributed by atoms with Gasteiger partial charge in [0.25, 0.3) is 0 Å². The van der Waals surface area contributed by atoms with Crippen molar-refractivity contribution in [3.05, 3.63) is 24.3 Å². The molecule has 49 heavy (non-hydrogen) atoms. The smallest absolute Gasteiger partial charge is 0.330 e. The van der Waals surface area contributed by atoms with E-state index in [0.717, 1.165) is 0 Å². The van der Waals surface area contributed by atoms with E-state index < -0.39 is 109 Å². The Morgan fingerprint density at radius 3 is 2.18 bits per heavy atom. The van der Waals surface area contributed by atoms with Crippen LogP contribution in [0.2, 0.25) is 0 Å².